The molecule has 0 saturated heterocycles. The number of rotatable bonds is 5. The molecule has 8 heteroatoms. The van der Waals surface area contributed by atoms with Crippen LogP contribution in [0.4, 0.5) is 5.13 Å². The number of aromatic nitrogens is 2. The zero-order valence-corrected chi connectivity index (χ0v) is 18.7. The number of nitrogens with zero attached hydrogens (tertiary/aromatic N) is 2. The van der Waals surface area contributed by atoms with Gasteiger partial charge in [0.05, 0.1) is 21.3 Å². The highest BCUT2D eigenvalue weighted by Crippen LogP contribution is 2.29. The number of para-hydroxylation sites is 2. The Morgan fingerprint density at radius 3 is 2.64 bits per heavy atom. The van der Waals surface area contributed by atoms with Crippen LogP contribution in [0.3, 0.4) is 0 Å². The molecule has 7 nitrogen and oxygen atoms in total. The fraction of sp³-hybridized carbons (Fsp3) is 0.120. The third kappa shape index (κ3) is 4.20. The summed E-state index contributed by atoms with van der Waals surface area (Å²) in [6, 6.07) is 20.1. The van der Waals surface area contributed by atoms with Crippen LogP contribution in [0.5, 0.6) is 0 Å². The fourth-order valence-electron chi connectivity index (χ4n) is 3.40. The Balaban J connectivity index is 1.33. The smallest absolute Gasteiger partial charge is 0.339 e. The average Bonchev–Trinajstić information content (AvgIpc) is 3.42. The molecule has 0 aliphatic carbocycles. The number of thiazole rings is 1. The van der Waals surface area contributed by atoms with Gasteiger partial charge in [-0.05, 0) is 55.8 Å². The van der Waals surface area contributed by atoms with E-state index in [0.717, 1.165) is 15.8 Å². The predicted molar refractivity (Wildman–Crippen MR) is 127 cm³/mol. The second-order valence-electron chi connectivity index (χ2n) is 7.56. The largest absolute Gasteiger partial charge is 0.449 e. The van der Waals surface area contributed by atoms with E-state index in [9.17, 15) is 9.59 Å². The number of fused-ring (bicyclic) bond motifs is 2. The number of nitrogens with one attached hydrogen (secondary N) is 1. The Bertz CT molecular complexity index is 1470. The van der Waals surface area contributed by atoms with E-state index in [1.807, 2.05) is 49.4 Å². The minimum atomic E-state index is -1.03. The number of amides is 1. The molecule has 5 aromatic rings. The van der Waals surface area contributed by atoms with Gasteiger partial charge in [0.15, 0.2) is 16.8 Å². The average molecular weight is 458 g/mol. The van der Waals surface area contributed by atoms with Crippen molar-refractivity contribution in [3.63, 3.8) is 0 Å². The van der Waals surface area contributed by atoms with Crippen LogP contribution < -0.4 is 5.32 Å². The van der Waals surface area contributed by atoms with Gasteiger partial charge in [-0.3, -0.25) is 10.1 Å². The monoisotopic (exact) mass is 457 g/mol. The molecule has 5 rings (SSSR count). The lowest BCUT2D eigenvalue weighted by Gasteiger charge is -2.13. The number of benzene rings is 3. The lowest BCUT2D eigenvalue weighted by Crippen LogP contribution is -2.30. The molecule has 0 saturated carbocycles. The number of aryl methyl sites for hydroxylation is 1. The van der Waals surface area contributed by atoms with Crippen LogP contribution in [0.25, 0.3) is 32.8 Å². The summed E-state index contributed by atoms with van der Waals surface area (Å²) < 4.78 is 12.2. The minimum Gasteiger partial charge on any atom is -0.449 e. The maximum Gasteiger partial charge on any atom is 0.339 e. The number of oxazole rings is 1. The second-order valence-corrected chi connectivity index (χ2v) is 8.59. The number of ether oxygens (including phenoxy) is 1. The number of carbonyl (C=O) groups excluding carboxylic acids is 2. The van der Waals surface area contributed by atoms with Gasteiger partial charge < -0.3 is 9.15 Å². The lowest BCUT2D eigenvalue weighted by molar-refractivity contribution is -0.123. The maximum atomic E-state index is 12.9. The van der Waals surface area contributed by atoms with Crippen LogP contribution in [0.2, 0.25) is 0 Å². The van der Waals surface area contributed by atoms with Gasteiger partial charge in [0.1, 0.15) is 5.52 Å². The van der Waals surface area contributed by atoms with Crippen molar-refractivity contribution in [2.45, 2.75) is 20.0 Å². The molecule has 33 heavy (non-hydrogen) atoms. The first kappa shape index (κ1) is 20.8. The Labute approximate surface area is 193 Å². The number of anilines is 1. The molecule has 164 valence electrons. The van der Waals surface area contributed by atoms with Gasteiger partial charge in [0.2, 0.25) is 5.89 Å². The van der Waals surface area contributed by atoms with E-state index in [0.29, 0.717) is 27.7 Å². The van der Waals surface area contributed by atoms with E-state index < -0.39 is 18.0 Å². The molecule has 1 atom stereocenters. The van der Waals surface area contributed by atoms with Crippen LogP contribution >= 0.6 is 11.3 Å². The first-order valence-corrected chi connectivity index (χ1v) is 11.1. The molecule has 3 aromatic carbocycles. The maximum absolute atomic E-state index is 12.9. The van der Waals surface area contributed by atoms with Crippen molar-refractivity contribution in [1.82, 2.24) is 9.97 Å². The van der Waals surface area contributed by atoms with Crippen LogP contribution in [-0.4, -0.2) is 27.9 Å². The fourth-order valence-corrected chi connectivity index (χ4v) is 4.37. The number of hydrogen-bond donors (Lipinski definition) is 1. The van der Waals surface area contributed by atoms with Crippen molar-refractivity contribution in [3.8, 4) is 11.5 Å². The van der Waals surface area contributed by atoms with Crippen LogP contribution in [0.1, 0.15) is 22.8 Å². The Kier molecular flexibility index (Phi) is 5.35. The standard InChI is InChI=1S/C25H19N3O4S/c1-14-11-12-19-21(13-14)33-25(27-19)28-22(29)15(2)31-24(30)17-8-4-3-7-16(17)23-26-18-9-5-6-10-20(18)32-23/h3-13,15H,1-2H3,(H,27,28,29). The summed E-state index contributed by atoms with van der Waals surface area (Å²) in [4.78, 5) is 34.4. The summed E-state index contributed by atoms with van der Waals surface area (Å²) in [5.41, 5.74) is 3.98. The molecule has 0 bridgehead atoms. The van der Waals surface area contributed by atoms with E-state index in [1.165, 1.54) is 18.3 Å². The number of carbonyl (C=O) groups is 2. The van der Waals surface area contributed by atoms with Gasteiger partial charge in [-0.25, -0.2) is 14.8 Å². The summed E-state index contributed by atoms with van der Waals surface area (Å²) in [6.07, 6.45) is -1.03. The number of esters is 1. The van der Waals surface area contributed by atoms with Gasteiger partial charge in [0, 0.05) is 0 Å². The molecule has 0 fully saturated rings. The van der Waals surface area contributed by atoms with Crippen molar-refractivity contribution in [3.05, 3.63) is 77.9 Å². The highest BCUT2D eigenvalue weighted by atomic mass is 32.1. The Hall–Kier alpha value is -4.04. The summed E-state index contributed by atoms with van der Waals surface area (Å²) in [6.45, 7) is 3.52. The van der Waals surface area contributed by atoms with Crippen molar-refractivity contribution in [1.29, 1.82) is 0 Å². The quantitative estimate of drug-likeness (QED) is 0.345. The molecule has 1 amide bonds. The van der Waals surface area contributed by atoms with Crippen LogP contribution in [0.15, 0.2) is 71.1 Å². The molecule has 2 heterocycles. The molecule has 0 aliphatic heterocycles. The second kappa shape index (κ2) is 8.48. The Morgan fingerprint density at radius 2 is 1.79 bits per heavy atom. The lowest BCUT2D eigenvalue weighted by atomic mass is 10.1. The van der Waals surface area contributed by atoms with Crippen LogP contribution in [0, 0.1) is 6.92 Å². The van der Waals surface area contributed by atoms with E-state index in [-0.39, 0.29) is 5.56 Å². The molecule has 2 aromatic heterocycles. The molecule has 0 aliphatic rings. The van der Waals surface area contributed by atoms with Gasteiger partial charge in [-0.2, -0.15) is 0 Å². The predicted octanol–water partition coefficient (Wildman–Crippen LogP) is 5.60. The summed E-state index contributed by atoms with van der Waals surface area (Å²) in [5.74, 6) is -0.792. The molecule has 1 unspecified atom stereocenters. The van der Waals surface area contributed by atoms with Crippen molar-refractivity contribution in [2.24, 2.45) is 0 Å². The minimum absolute atomic E-state index is 0.263. The van der Waals surface area contributed by atoms with Gasteiger partial charge in [-0.15, -0.1) is 0 Å². The topological polar surface area (TPSA) is 94.3 Å². The van der Waals surface area contributed by atoms with Crippen molar-refractivity contribution in [2.75, 3.05) is 5.32 Å². The normalized spacial score (nSPS) is 12.1. The van der Waals surface area contributed by atoms with E-state index in [1.54, 1.807) is 24.3 Å². The third-order valence-corrected chi connectivity index (χ3v) is 6.03. The van der Waals surface area contributed by atoms with Crippen molar-refractivity contribution >= 4 is 49.7 Å². The molecule has 1 N–H and O–H groups in total. The zero-order chi connectivity index (χ0) is 22.9. The highest BCUT2D eigenvalue weighted by Gasteiger charge is 2.23. The van der Waals surface area contributed by atoms with Crippen LogP contribution in [-0.2, 0) is 9.53 Å². The molecular weight excluding hydrogens is 438 g/mol. The SMILES string of the molecule is Cc1ccc2nc(NC(=O)C(C)OC(=O)c3ccccc3-c3nc4ccccc4o3)sc2c1. The molecule has 0 spiro atoms. The van der Waals surface area contributed by atoms with E-state index in [4.69, 9.17) is 9.15 Å². The highest BCUT2D eigenvalue weighted by molar-refractivity contribution is 7.22. The molecule has 0 radical (unpaired) electrons. The summed E-state index contributed by atoms with van der Waals surface area (Å²) in [7, 11) is 0. The van der Waals surface area contributed by atoms with Crippen molar-refractivity contribution < 1.29 is 18.7 Å². The first-order chi connectivity index (χ1) is 16.0. The number of hydrogen-bond acceptors (Lipinski definition) is 7. The first-order valence-electron chi connectivity index (χ1n) is 10.3. The summed E-state index contributed by atoms with van der Waals surface area (Å²) >= 11 is 1.37. The van der Waals surface area contributed by atoms with Gasteiger partial charge >= 0.3 is 5.97 Å². The van der Waals surface area contributed by atoms with E-state index in [2.05, 4.69) is 15.3 Å². The Morgan fingerprint density at radius 1 is 1.00 bits per heavy atom. The van der Waals surface area contributed by atoms with Gasteiger partial charge in [-0.1, -0.05) is 41.7 Å². The van der Waals surface area contributed by atoms with Gasteiger partial charge in [0.25, 0.3) is 5.91 Å². The molecular formula is C25H19N3O4S. The zero-order valence-electron chi connectivity index (χ0n) is 17.9. The van der Waals surface area contributed by atoms with E-state index >= 15 is 0 Å². The summed E-state index contributed by atoms with van der Waals surface area (Å²) in [5, 5.41) is 3.19. The third-order valence-electron chi connectivity index (χ3n) is 5.10.